The van der Waals surface area contributed by atoms with Crippen LogP contribution in [0, 0.1) is 0 Å². The second kappa shape index (κ2) is 2.85. The number of rotatable bonds is 0. The summed E-state index contributed by atoms with van der Waals surface area (Å²) in [6.45, 7) is 4.64. The van der Waals surface area contributed by atoms with Gasteiger partial charge in [-0.3, -0.25) is 0 Å². The van der Waals surface area contributed by atoms with Crippen LogP contribution in [0.3, 0.4) is 0 Å². The fourth-order valence-electron chi connectivity index (χ4n) is 3.31. The van der Waals surface area contributed by atoms with Gasteiger partial charge in [0.2, 0.25) is 0 Å². The molecule has 80 valence electrons. The summed E-state index contributed by atoms with van der Waals surface area (Å²) >= 11 is 0. The number of benzene rings is 1. The first-order valence-electron chi connectivity index (χ1n) is 6.00. The van der Waals surface area contributed by atoms with Crippen LogP contribution in [-0.4, -0.2) is 0 Å². The Morgan fingerprint density at radius 3 is 2.60 bits per heavy atom. The average molecular weight is 201 g/mol. The van der Waals surface area contributed by atoms with Crippen LogP contribution in [0.1, 0.15) is 55.0 Å². The monoisotopic (exact) mass is 201 g/mol. The zero-order chi connectivity index (χ0) is 10.6. The molecular weight excluding hydrogens is 182 g/mol. The highest BCUT2D eigenvalue weighted by Gasteiger charge is 2.36. The molecule has 0 bridgehead atoms. The van der Waals surface area contributed by atoms with Crippen LogP contribution < -0.4 is 5.73 Å². The summed E-state index contributed by atoms with van der Waals surface area (Å²) in [6.07, 6.45) is 4.96. The molecule has 1 aromatic rings. The summed E-state index contributed by atoms with van der Waals surface area (Å²) in [5, 5.41) is 0. The van der Waals surface area contributed by atoms with Gasteiger partial charge in [-0.15, -0.1) is 0 Å². The van der Waals surface area contributed by atoms with Crippen LogP contribution in [0.15, 0.2) is 12.1 Å². The molecule has 2 aliphatic rings. The smallest absolute Gasteiger partial charge is 0.0306 e. The van der Waals surface area contributed by atoms with Crippen LogP contribution in [0.4, 0.5) is 0 Å². The minimum absolute atomic E-state index is 0.265. The molecule has 0 fully saturated rings. The fourth-order valence-corrected chi connectivity index (χ4v) is 3.31. The molecule has 0 aromatic heterocycles. The van der Waals surface area contributed by atoms with Crippen molar-refractivity contribution in [2.45, 2.75) is 51.0 Å². The number of fused-ring (bicyclic) bond motifs is 2. The largest absolute Gasteiger partial charge is 0.324 e. The molecule has 0 amide bonds. The van der Waals surface area contributed by atoms with Crippen LogP contribution in [0.5, 0.6) is 0 Å². The quantitative estimate of drug-likeness (QED) is 0.686. The van der Waals surface area contributed by atoms with E-state index in [9.17, 15) is 0 Å². The average Bonchev–Trinajstić information content (AvgIpc) is 2.68. The van der Waals surface area contributed by atoms with Crippen molar-refractivity contribution in [2.24, 2.45) is 5.73 Å². The zero-order valence-corrected chi connectivity index (χ0v) is 9.64. The second-order valence-corrected chi connectivity index (χ2v) is 5.76. The van der Waals surface area contributed by atoms with Gasteiger partial charge in [0.1, 0.15) is 0 Å². The van der Waals surface area contributed by atoms with Gasteiger partial charge in [-0.25, -0.2) is 0 Å². The summed E-state index contributed by atoms with van der Waals surface area (Å²) in [4.78, 5) is 0. The Hall–Kier alpha value is -0.820. The third kappa shape index (κ3) is 1.26. The van der Waals surface area contributed by atoms with Gasteiger partial charge in [0.25, 0.3) is 0 Å². The Labute approximate surface area is 91.7 Å². The molecule has 0 aliphatic heterocycles. The number of hydrogen-bond donors (Lipinski definition) is 1. The highest BCUT2D eigenvalue weighted by atomic mass is 14.7. The number of aryl methyl sites for hydroxylation is 2. The predicted molar refractivity (Wildman–Crippen MR) is 63.0 cm³/mol. The maximum absolute atomic E-state index is 6.22. The Morgan fingerprint density at radius 2 is 1.87 bits per heavy atom. The van der Waals surface area contributed by atoms with Gasteiger partial charge in [0, 0.05) is 6.04 Å². The van der Waals surface area contributed by atoms with Crippen molar-refractivity contribution < 1.29 is 0 Å². The number of nitrogens with two attached hydrogens (primary N) is 1. The van der Waals surface area contributed by atoms with Gasteiger partial charge >= 0.3 is 0 Å². The highest BCUT2D eigenvalue weighted by molar-refractivity contribution is 5.48. The summed E-state index contributed by atoms with van der Waals surface area (Å²) in [6, 6.07) is 5.09. The van der Waals surface area contributed by atoms with E-state index in [1.165, 1.54) is 30.4 Å². The molecule has 0 saturated heterocycles. The van der Waals surface area contributed by atoms with E-state index in [4.69, 9.17) is 5.73 Å². The molecule has 1 aromatic carbocycles. The lowest BCUT2D eigenvalue weighted by Crippen LogP contribution is -2.14. The number of hydrogen-bond acceptors (Lipinski definition) is 1. The molecule has 2 aliphatic carbocycles. The van der Waals surface area contributed by atoms with E-state index in [0.717, 1.165) is 6.42 Å². The molecule has 1 heteroatoms. The third-order valence-corrected chi connectivity index (χ3v) is 4.12. The van der Waals surface area contributed by atoms with Gasteiger partial charge in [0.15, 0.2) is 0 Å². The van der Waals surface area contributed by atoms with Crippen molar-refractivity contribution in [1.82, 2.24) is 0 Å². The van der Waals surface area contributed by atoms with Crippen LogP contribution in [0.25, 0.3) is 0 Å². The summed E-state index contributed by atoms with van der Waals surface area (Å²) in [5.41, 5.74) is 12.6. The molecule has 0 spiro atoms. The highest BCUT2D eigenvalue weighted by Crippen LogP contribution is 2.45. The minimum Gasteiger partial charge on any atom is -0.324 e. The first-order valence-corrected chi connectivity index (χ1v) is 6.00. The van der Waals surface area contributed by atoms with Gasteiger partial charge < -0.3 is 5.73 Å². The SMILES string of the molecule is CC1(C)C[C@@H](N)c2cc3c(cc21)CCC3. The van der Waals surface area contributed by atoms with Gasteiger partial charge in [-0.05, 0) is 53.4 Å². The van der Waals surface area contributed by atoms with E-state index in [0.29, 0.717) is 0 Å². The molecule has 15 heavy (non-hydrogen) atoms. The maximum Gasteiger partial charge on any atom is 0.0306 e. The van der Waals surface area contributed by atoms with Crippen LogP contribution in [-0.2, 0) is 18.3 Å². The van der Waals surface area contributed by atoms with E-state index in [1.807, 2.05) is 0 Å². The molecule has 2 N–H and O–H groups in total. The third-order valence-electron chi connectivity index (χ3n) is 4.12. The van der Waals surface area contributed by atoms with Crippen LogP contribution >= 0.6 is 0 Å². The Balaban J connectivity index is 2.20. The standard InChI is InChI=1S/C14H19N/c1-14(2)8-13(15)11-6-9-4-3-5-10(9)7-12(11)14/h6-7,13H,3-5,8,15H2,1-2H3/t13-/m1/s1. The Kier molecular flexibility index (Phi) is 1.79. The molecule has 0 radical (unpaired) electrons. The molecule has 0 saturated carbocycles. The molecule has 0 unspecified atom stereocenters. The van der Waals surface area contributed by atoms with E-state index in [2.05, 4.69) is 26.0 Å². The fraction of sp³-hybridized carbons (Fsp3) is 0.571. The first-order chi connectivity index (χ1) is 7.08. The lowest BCUT2D eigenvalue weighted by atomic mass is 9.85. The van der Waals surface area contributed by atoms with Crippen molar-refractivity contribution in [3.05, 3.63) is 34.4 Å². The summed E-state index contributed by atoms with van der Waals surface area (Å²) in [7, 11) is 0. The van der Waals surface area contributed by atoms with E-state index < -0.39 is 0 Å². The Bertz CT molecular complexity index is 418. The minimum atomic E-state index is 0.265. The molecule has 1 nitrogen and oxygen atoms in total. The first kappa shape index (κ1) is 9.41. The normalized spacial score (nSPS) is 26.5. The van der Waals surface area contributed by atoms with Crippen LogP contribution in [0.2, 0.25) is 0 Å². The predicted octanol–water partition coefficient (Wildman–Crippen LogP) is 2.86. The second-order valence-electron chi connectivity index (χ2n) is 5.76. The van der Waals surface area contributed by atoms with E-state index >= 15 is 0 Å². The van der Waals surface area contributed by atoms with Crippen molar-refractivity contribution >= 4 is 0 Å². The van der Waals surface area contributed by atoms with Crippen molar-refractivity contribution in [3.8, 4) is 0 Å². The Morgan fingerprint density at radius 1 is 1.20 bits per heavy atom. The van der Waals surface area contributed by atoms with Gasteiger partial charge in [-0.1, -0.05) is 26.0 Å². The maximum atomic E-state index is 6.22. The lowest BCUT2D eigenvalue weighted by Gasteiger charge is -2.19. The molecular formula is C14H19N. The molecule has 1 atom stereocenters. The van der Waals surface area contributed by atoms with Crippen molar-refractivity contribution in [2.75, 3.05) is 0 Å². The molecule has 0 heterocycles. The van der Waals surface area contributed by atoms with Gasteiger partial charge in [0.05, 0.1) is 0 Å². The lowest BCUT2D eigenvalue weighted by molar-refractivity contribution is 0.481. The topological polar surface area (TPSA) is 26.0 Å². The van der Waals surface area contributed by atoms with E-state index in [-0.39, 0.29) is 11.5 Å². The van der Waals surface area contributed by atoms with Crippen molar-refractivity contribution in [1.29, 1.82) is 0 Å². The van der Waals surface area contributed by atoms with Crippen molar-refractivity contribution in [3.63, 3.8) is 0 Å². The van der Waals surface area contributed by atoms with Gasteiger partial charge in [-0.2, -0.15) is 0 Å². The summed E-state index contributed by atoms with van der Waals surface area (Å²) in [5.74, 6) is 0. The zero-order valence-electron chi connectivity index (χ0n) is 9.64. The van der Waals surface area contributed by atoms with E-state index in [1.54, 1.807) is 11.1 Å². The molecule has 3 rings (SSSR count). The summed E-state index contributed by atoms with van der Waals surface area (Å²) < 4.78 is 0.